The van der Waals surface area contributed by atoms with Crippen molar-refractivity contribution in [3.63, 3.8) is 0 Å². The third-order valence-electron chi connectivity index (χ3n) is 5.57. The molecule has 4 atom stereocenters. The summed E-state index contributed by atoms with van der Waals surface area (Å²) in [5.74, 6) is 4.07. The van der Waals surface area contributed by atoms with Gasteiger partial charge in [-0.25, -0.2) is 0 Å². The van der Waals surface area contributed by atoms with Crippen LogP contribution in [-0.2, 0) is 4.79 Å². The number of fused-ring (bicyclic) bond motifs is 2. The van der Waals surface area contributed by atoms with E-state index in [2.05, 4.69) is 63.3 Å². The second kappa shape index (κ2) is 6.23. The lowest BCUT2D eigenvalue weighted by Crippen LogP contribution is -2.45. The number of rotatable bonds is 5. The highest BCUT2D eigenvalue weighted by atomic mass is 32.2. The first-order chi connectivity index (χ1) is 10.5. The first kappa shape index (κ1) is 15.9. The van der Waals surface area contributed by atoms with Gasteiger partial charge in [0.25, 0.3) is 0 Å². The average molecular weight is 314 g/mol. The van der Waals surface area contributed by atoms with Crippen LogP contribution in [0.2, 0.25) is 0 Å². The highest BCUT2D eigenvalue weighted by Gasteiger charge is 2.47. The SMILES string of the molecule is CC(C)[C@@H](CSc1ccccc1)[C@@H]1C[C@@]2(C)C=C[C@@H]1CC2=O. The summed E-state index contributed by atoms with van der Waals surface area (Å²) in [5.41, 5.74) is -0.191. The first-order valence-electron chi connectivity index (χ1n) is 8.40. The Labute approximate surface area is 138 Å². The maximum atomic E-state index is 12.2. The summed E-state index contributed by atoms with van der Waals surface area (Å²) in [6.45, 7) is 6.81. The van der Waals surface area contributed by atoms with Crippen LogP contribution in [-0.4, -0.2) is 11.5 Å². The lowest BCUT2D eigenvalue weighted by molar-refractivity contribution is -0.132. The van der Waals surface area contributed by atoms with Gasteiger partial charge >= 0.3 is 0 Å². The fraction of sp³-hybridized carbons (Fsp3) is 0.550. The van der Waals surface area contributed by atoms with E-state index in [0.717, 1.165) is 18.6 Å². The molecule has 0 radical (unpaired) electrons. The average Bonchev–Trinajstić information content (AvgIpc) is 2.50. The molecule has 4 rings (SSSR count). The van der Waals surface area contributed by atoms with E-state index < -0.39 is 0 Å². The first-order valence-corrected chi connectivity index (χ1v) is 9.39. The Kier molecular flexibility index (Phi) is 4.49. The second-order valence-corrected chi connectivity index (χ2v) is 8.56. The van der Waals surface area contributed by atoms with Gasteiger partial charge in [0, 0.05) is 22.5 Å². The number of Topliss-reactive ketones (excluding diaryl/α,β-unsaturated/α-hetero) is 1. The molecule has 22 heavy (non-hydrogen) atoms. The van der Waals surface area contributed by atoms with E-state index in [0.29, 0.717) is 29.5 Å². The van der Waals surface area contributed by atoms with Gasteiger partial charge in [0.2, 0.25) is 0 Å². The largest absolute Gasteiger partial charge is 0.299 e. The summed E-state index contributed by atoms with van der Waals surface area (Å²) in [6, 6.07) is 10.7. The Bertz CT molecular complexity index is 562. The summed E-state index contributed by atoms with van der Waals surface area (Å²) in [7, 11) is 0. The molecular formula is C20H26OS. The molecule has 0 spiro atoms. The van der Waals surface area contributed by atoms with Crippen LogP contribution in [0.1, 0.15) is 33.6 Å². The summed E-state index contributed by atoms with van der Waals surface area (Å²) < 4.78 is 0. The van der Waals surface area contributed by atoms with Crippen molar-refractivity contribution in [3.05, 3.63) is 42.5 Å². The summed E-state index contributed by atoms with van der Waals surface area (Å²) in [5, 5.41) is 0. The summed E-state index contributed by atoms with van der Waals surface area (Å²) >= 11 is 1.97. The molecule has 0 N–H and O–H groups in total. The second-order valence-electron chi connectivity index (χ2n) is 7.47. The quantitative estimate of drug-likeness (QED) is 0.547. The number of ketones is 1. The Morgan fingerprint density at radius 1 is 1.27 bits per heavy atom. The van der Waals surface area contributed by atoms with Crippen molar-refractivity contribution in [2.45, 2.75) is 38.5 Å². The molecule has 118 valence electrons. The minimum absolute atomic E-state index is 0.191. The molecule has 0 unspecified atom stereocenters. The van der Waals surface area contributed by atoms with Crippen LogP contribution < -0.4 is 0 Å². The topological polar surface area (TPSA) is 17.1 Å². The van der Waals surface area contributed by atoms with Gasteiger partial charge in [-0.3, -0.25) is 4.79 Å². The van der Waals surface area contributed by atoms with Crippen LogP contribution >= 0.6 is 11.8 Å². The number of hydrogen-bond donors (Lipinski definition) is 0. The number of allylic oxidation sites excluding steroid dienone is 2. The molecule has 2 heteroatoms. The molecule has 1 fully saturated rings. The predicted octanol–water partition coefficient (Wildman–Crippen LogP) is 5.22. The van der Waals surface area contributed by atoms with Crippen molar-refractivity contribution in [2.75, 3.05) is 5.75 Å². The number of thioether (sulfide) groups is 1. The molecule has 2 bridgehead atoms. The number of carbonyl (C=O) groups excluding carboxylic acids is 1. The van der Waals surface area contributed by atoms with Crippen LogP contribution in [0.5, 0.6) is 0 Å². The van der Waals surface area contributed by atoms with Crippen LogP contribution in [0.3, 0.4) is 0 Å². The maximum Gasteiger partial charge on any atom is 0.143 e. The van der Waals surface area contributed by atoms with Gasteiger partial charge in [0.05, 0.1) is 0 Å². The zero-order chi connectivity index (χ0) is 15.7. The molecule has 0 aromatic heterocycles. The van der Waals surface area contributed by atoms with E-state index in [4.69, 9.17) is 0 Å². The van der Waals surface area contributed by atoms with Crippen molar-refractivity contribution in [1.82, 2.24) is 0 Å². The highest BCUT2D eigenvalue weighted by molar-refractivity contribution is 7.99. The third-order valence-corrected chi connectivity index (χ3v) is 6.73. The van der Waals surface area contributed by atoms with E-state index >= 15 is 0 Å². The van der Waals surface area contributed by atoms with Gasteiger partial charge in [-0.15, -0.1) is 11.8 Å². The number of benzene rings is 1. The van der Waals surface area contributed by atoms with Gasteiger partial charge in [0.1, 0.15) is 5.78 Å². The van der Waals surface area contributed by atoms with E-state index in [1.807, 2.05) is 11.8 Å². The van der Waals surface area contributed by atoms with E-state index in [1.165, 1.54) is 4.90 Å². The molecule has 0 aliphatic heterocycles. The number of hydrogen-bond acceptors (Lipinski definition) is 2. The Morgan fingerprint density at radius 3 is 2.59 bits per heavy atom. The van der Waals surface area contributed by atoms with Gasteiger partial charge in [0.15, 0.2) is 0 Å². The normalized spacial score (nSPS) is 31.7. The molecule has 3 aliphatic carbocycles. The standard InChI is InChI=1S/C20H26OS/c1-14(2)18(13-22-16-7-5-4-6-8-16)17-12-20(3)10-9-15(17)11-19(20)21/h4-10,14-15,17-18H,11-13H2,1-3H3/t15-,17-,18-,20-/m1/s1. The van der Waals surface area contributed by atoms with Crippen molar-refractivity contribution >= 4 is 17.5 Å². The van der Waals surface area contributed by atoms with E-state index in [9.17, 15) is 4.79 Å². The molecule has 1 nitrogen and oxygen atoms in total. The zero-order valence-electron chi connectivity index (χ0n) is 13.8. The Balaban J connectivity index is 1.73. The van der Waals surface area contributed by atoms with Crippen molar-refractivity contribution in [2.24, 2.45) is 29.1 Å². The molecule has 1 saturated carbocycles. The van der Waals surface area contributed by atoms with E-state index in [-0.39, 0.29) is 5.41 Å². The molecule has 0 amide bonds. The maximum absolute atomic E-state index is 12.2. The lowest BCUT2D eigenvalue weighted by Gasteiger charge is -2.47. The van der Waals surface area contributed by atoms with Crippen molar-refractivity contribution in [3.8, 4) is 0 Å². The molecule has 3 aliphatic rings. The van der Waals surface area contributed by atoms with Gasteiger partial charge < -0.3 is 0 Å². The Morgan fingerprint density at radius 2 is 2.00 bits per heavy atom. The van der Waals surface area contributed by atoms with Crippen LogP contribution in [0.4, 0.5) is 0 Å². The number of carbonyl (C=O) groups is 1. The van der Waals surface area contributed by atoms with Crippen LogP contribution in [0.25, 0.3) is 0 Å². The minimum Gasteiger partial charge on any atom is -0.299 e. The molecule has 1 aromatic rings. The highest BCUT2D eigenvalue weighted by Crippen LogP contribution is 2.50. The molecule has 1 aromatic carbocycles. The summed E-state index contributed by atoms with van der Waals surface area (Å²) in [6.07, 6.45) is 6.32. The van der Waals surface area contributed by atoms with Gasteiger partial charge in [-0.1, -0.05) is 44.2 Å². The summed E-state index contributed by atoms with van der Waals surface area (Å²) in [4.78, 5) is 13.6. The smallest absolute Gasteiger partial charge is 0.143 e. The fourth-order valence-corrected chi connectivity index (χ4v) is 5.42. The fourth-order valence-electron chi connectivity index (χ4n) is 4.05. The monoisotopic (exact) mass is 314 g/mol. The van der Waals surface area contributed by atoms with Crippen LogP contribution in [0, 0.1) is 29.1 Å². The molecular weight excluding hydrogens is 288 g/mol. The predicted molar refractivity (Wildman–Crippen MR) is 94.0 cm³/mol. The molecule has 0 saturated heterocycles. The molecule has 0 heterocycles. The zero-order valence-corrected chi connectivity index (χ0v) is 14.6. The van der Waals surface area contributed by atoms with Crippen LogP contribution in [0.15, 0.2) is 47.4 Å². The van der Waals surface area contributed by atoms with Gasteiger partial charge in [-0.05, 0) is 49.1 Å². The van der Waals surface area contributed by atoms with E-state index in [1.54, 1.807) is 0 Å². The Hall–Kier alpha value is -1.02. The third kappa shape index (κ3) is 3.03. The van der Waals surface area contributed by atoms with Crippen molar-refractivity contribution < 1.29 is 4.79 Å². The van der Waals surface area contributed by atoms with Crippen molar-refractivity contribution in [1.29, 1.82) is 0 Å². The van der Waals surface area contributed by atoms with Gasteiger partial charge in [-0.2, -0.15) is 0 Å². The lowest BCUT2D eigenvalue weighted by atomic mass is 9.57. The minimum atomic E-state index is -0.191.